The average Bonchev–Trinajstić information content (AvgIpc) is 2.33. The molecule has 0 heterocycles. The zero-order chi connectivity index (χ0) is 12.4. The molecular formula is C14H15F2N. The minimum absolute atomic E-state index is 0.207. The van der Waals surface area contributed by atoms with Crippen molar-refractivity contribution in [3.05, 3.63) is 47.5 Å². The zero-order valence-electron chi connectivity index (χ0n) is 9.66. The van der Waals surface area contributed by atoms with E-state index in [1.54, 1.807) is 0 Å². The first kappa shape index (κ1) is 12.0. The maximum absolute atomic E-state index is 12.5. The van der Waals surface area contributed by atoms with Crippen molar-refractivity contribution in [1.82, 2.24) is 0 Å². The van der Waals surface area contributed by atoms with E-state index in [1.165, 1.54) is 0 Å². The molecule has 0 fully saturated rings. The highest BCUT2D eigenvalue weighted by Gasteiger charge is 2.16. The maximum atomic E-state index is 12.5. The zero-order valence-corrected chi connectivity index (χ0v) is 9.66. The Balaban J connectivity index is 2.45. The van der Waals surface area contributed by atoms with Crippen LogP contribution in [0.2, 0.25) is 0 Å². The van der Waals surface area contributed by atoms with E-state index >= 15 is 0 Å². The molecule has 0 saturated heterocycles. The fraction of sp³-hybridized carbons (Fsp3) is 0.286. The van der Waals surface area contributed by atoms with Gasteiger partial charge in [0.2, 0.25) is 0 Å². The summed E-state index contributed by atoms with van der Waals surface area (Å²) in [6.07, 6.45) is -2.27. The maximum Gasteiger partial charge on any atom is 0.253 e. The van der Waals surface area contributed by atoms with Crippen LogP contribution < -0.4 is 5.73 Å². The molecule has 0 amide bonds. The lowest BCUT2D eigenvalue weighted by Gasteiger charge is -2.13. The number of nitrogens with two attached hydrogens (primary N) is 1. The second-order valence-corrected chi connectivity index (χ2v) is 4.29. The Kier molecular flexibility index (Phi) is 3.38. The summed E-state index contributed by atoms with van der Waals surface area (Å²) in [5.74, 6) is 0. The first-order valence-corrected chi connectivity index (χ1v) is 5.60. The highest BCUT2D eigenvalue weighted by atomic mass is 19.3. The lowest BCUT2D eigenvalue weighted by molar-refractivity contribution is 0.116. The van der Waals surface area contributed by atoms with Gasteiger partial charge in [0.1, 0.15) is 0 Å². The van der Waals surface area contributed by atoms with Gasteiger partial charge in [0, 0.05) is 0 Å². The molecular weight excluding hydrogens is 220 g/mol. The summed E-state index contributed by atoms with van der Waals surface area (Å²) in [5, 5.41) is 2.12. The largest absolute Gasteiger partial charge is 0.323 e. The smallest absolute Gasteiger partial charge is 0.253 e. The molecule has 0 bridgehead atoms. The van der Waals surface area contributed by atoms with Crippen molar-refractivity contribution in [1.29, 1.82) is 0 Å². The van der Waals surface area contributed by atoms with Gasteiger partial charge in [0.05, 0.1) is 6.04 Å². The number of alkyl halides is 2. The molecule has 2 aromatic rings. The predicted molar refractivity (Wildman–Crippen MR) is 66.4 cm³/mol. The van der Waals surface area contributed by atoms with Crippen molar-refractivity contribution in [3.8, 4) is 0 Å². The molecule has 0 spiro atoms. The van der Waals surface area contributed by atoms with Crippen molar-refractivity contribution in [2.45, 2.75) is 25.8 Å². The number of fused-ring (bicyclic) bond motifs is 1. The van der Waals surface area contributed by atoms with Crippen LogP contribution in [0.1, 0.15) is 11.1 Å². The van der Waals surface area contributed by atoms with Gasteiger partial charge >= 0.3 is 0 Å². The summed E-state index contributed by atoms with van der Waals surface area (Å²) < 4.78 is 24.9. The normalized spacial score (nSPS) is 13.2. The molecule has 2 rings (SSSR count). The van der Waals surface area contributed by atoms with Gasteiger partial charge in [-0.1, -0.05) is 36.4 Å². The Hall–Kier alpha value is -1.48. The number of rotatable bonds is 3. The molecule has 3 heteroatoms. The Labute approximate surface area is 99.2 Å². The fourth-order valence-corrected chi connectivity index (χ4v) is 2.03. The van der Waals surface area contributed by atoms with E-state index in [-0.39, 0.29) is 6.42 Å². The van der Waals surface area contributed by atoms with Gasteiger partial charge in [0.15, 0.2) is 0 Å². The fourth-order valence-electron chi connectivity index (χ4n) is 2.03. The topological polar surface area (TPSA) is 26.0 Å². The SMILES string of the molecule is Cc1ccc(CC(N)C(F)F)c2ccccc12. The van der Waals surface area contributed by atoms with E-state index in [0.717, 1.165) is 21.9 Å². The van der Waals surface area contributed by atoms with Gasteiger partial charge in [0.25, 0.3) is 6.43 Å². The minimum atomic E-state index is -2.48. The first-order valence-electron chi connectivity index (χ1n) is 5.60. The molecule has 0 aliphatic rings. The average molecular weight is 235 g/mol. The van der Waals surface area contributed by atoms with Crippen LogP contribution in [0.25, 0.3) is 10.8 Å². The van der Waals surface area contributed by atoms with Crippen molar-refractivity contribution >= 4 is 10.8 Å². The van der Waals surface area contributed by atoms with E-state index in [0.29, 0.717) is 0 Å². The summed E-state index contributed by atoms with van der Waals surface area (Å²) in [7, 11) is 0. The third-order valence-corrected chi connectivity index (χ3v) is 3.01. The van der Waals surface area contributed by atoms with E-state index < -0.39 is 12.5 Å². The van der Waals surface area contributed by atoms with Crippen LogP contribution in [0, 0.1) is 6.92 Å². The van der Waals surface area contributed by atoms with Crippen molar-refractivity contribution in [3.63, 3.8) is 0 Å². The van der Waals surface area contributed by atoms with Crippen LogP contribution in [-0.4, -0.2) is 12.5 Å². The molecule has 0 aliphatic carbocycles. The molecule has 2 aromatic carbocycles. The Morgan fingerprint density at radius 3 is 2.35 bits per heavy atom. The predicted octanol–water partition coefficient (Wildman–Crippen LogP) is 3.28. The highest BCUT2D eigenvalue weighted by molar-refractivity contribution is 5.88. The molecule has 90 valence electrons. The second kappa shape index (κ2) is 4.80. The lowest BCUT2D eigenvalue weighted by atomic mass is 9.96. The van der Waals surface area contributed by atoms with Crippen LogP contribution in [0.15, 0.2) is 36.4 Å². The monoisotopic (exact) mass is 235 g/mol. The molecule has 0 radical (unpaired) electrons. The second-order valence-electron chi connectivity index (χ2n) is 4.29. The summed E-state index contributed by atoms with van der Waals surface area (Å²) in [5.41, 5.74) is 7.46. The molecule has 0 aromatic heterocycles. The van der Waals surface area contributed by atoms with E-state index in [1.807, 2.05) is 43.3 Å². The Bertz CT molecular complexity index is 523. The van der Waals surface area contributed by atoms with Gasteiger partial charge < -0.3 is 5.73 Å². The summed E-state index contributed by atoms with van der Waals surface area (Å²) >= 11 is 0. The molecule has 0 aliphatic heterocycles. The van der Waals surface area contributed by atoms with Crippen LogP contribution in [0.5, 0.6) is 0 Å². The quantitative estimate of drug-likeness (QED) is 0.868. The first-order chi connectivity index (χ1) is 8.09. The highest BCUT2D eigenvalue weighted by Crippen LogP contribution is 2.23. The third kappa shape index (κ3) is 2.44. The summed E-state index contributed by atoms with van der Waals surface area (Å²) in [6, 6.07) is 10.6. The number of aryl methyl sites for hydroxylation is 1. The molecule has 0 saturated carbocycles. The van der Waals surface area contributed by atoms with Crippen LogP contribution in [0.3, 0.4) is 0 Å². The standard InChI is InChI=1S/C14H15F2N/c1-9-6-7-10(8-13(17)14(15)16)12-5-3-2-4-11(9)12/h2-7,13-14H,8,17H2,1H3. The molecule has 17 heavy (non-hydrogen) atoms. The van der Waals surface area contributed by atoms with Crippen LogP contribution in [-0.2, 0) is 6.42 Å². The summed E-state index contributed by atoms with van der Waals surface area (Å²) in [4.78, 5) is 0. The van der Waals surface area contributed by atoms with Gasteiger partial charge in [-0.2, -0.15) is 0 Å². The molecule has 2 N–H and O–H groups in total. The van der Waals surface area contributed by atoms with Gasteiger partial charge in [-0.15, -0.1) is 0 Å². The molecule has 1 atom stereocenters. The van der Waals surface area contributed by atoms with Gasteiger partial charge in [-0.3, -0.25) is 0 Å². The molecule has 1 nitrogen and oxygen atoms in total. The minimum Gasteiger partial charge on any atom is -0.323 e. The Morgan fingerprint density at radius 2 is 1.71 bits per heavy atom. The number of hydrogen-bond acceptors (Lipinski definition) is 1. The summed E-state index contributed by atoms with van der Waals surface area (Å²) in [6.45, 7) is 2.01. The molecule has 1 unspecified atom stereocenters. The van der Waals surface area contributed by atoms with Gasteiger partial charge in [-0.05, 0) is 35.2 Å². The number of halogens is 2. The van der Waals surface area contributed by atoms with Crippen molar-refractivity contribution in [2.75, 3.05) is 0 Å². The van der Waals surface area contributed by atoms with Crippen molar-refractivity contribution in [2.24, 2.45) is 5.73 Å². The van der Waals surface area contributed by atoms with Gasteiger partial charge in [-0.25, -0.2) is 8.78 Å². The third-order valence-electron chi connectivity index (χ3n) is 3.01. The number of benzene rings is 2. The van der Waals surface area contributed by atoms with E-state index in [9.17, 15) is 8.78 Å². The lowest BCUT2D eigenvalue weighted by Crippen LogP contribution is -2.30. The number of hydrogen-bond donors (Lipinski definition) is 1. The Morgan fingerprint density at radius 1 is 1.06 bits per heavy atom. The van der Waals surface area contributed by atoms with Crippen molar-refractivity contribution < 1.29 is 8.78 Å². The van der Waals surface area contributed by atoms with Crippen LogP contribution >= 0.6 is 0 Å². The van der Waals surface area contributed by atoms with E-state index in [4.69, 9.17) is 5.73 Å². The van der Waals surface area contributed by atoms with Crippen LogP contribution in [0.4, 0.5) is 8.78 Å². The van der Waals surface area contributed by atoms with E-state index in [2.05, 4.69) is 0 Å².